The topological polar surface area (TPSA) is 175 Å². The molecule has 0 bridgehead atoms. The molecule has 422 valence electrons. The molecule has 0 aromatic heterocycles. The van der Waals surface area contributed by atoms with Gasteiger partial charge in [0.2, 0.25) is 0 Å². The van der Waals surface area contributed by atoms with Crippen LogP contribution in [-0.4, -0.2) is 71.7 Å². The van der Waals surface area contributed by atoms with Gasteiger partial charge in [-0.15, -0.1) is 0 Å². The number of carbonyl (C=O) groups excluding carboxylic acids is 4. The number of phenols is 3. The van der Waals surface area contributed by atoms with Crippen LogP contribution in [0.5, 0.6) is 23.0 Å². The number of benzene rings is 4. The second-order valence-electron chi connectivity index (χ2n) is 25.5. The maximum Gasteiger partial charge on any atom is 0.335 e. The van der Waals surface area contributed by atoms with E-state index in [1.54, 1.807) is 0 Å². The van der Waals surface area contributed by atoms with Crippen LogP contribution in [-0.2, 0) is 85.5 Å². The second kappa shape index (κ2) is 26.0. The van der Waals surface area contributed by atoms with Crippen molar-refractivity contribution in [1.29, 1.82) is 0 Å². The third-order valence-corrected chi connectivity index (χ3v) is 14.0. The van der Waals surface area contributed by atoms with Crippen LogP contribution in [0.25, 0.3) is 0 Å². The maximum atomic E-state index is 13.9. The molecule has 1 atom stereocenters. The lowest BCUT2D eigenvalue weighted by Crippen LogP contribution is -2.44. The zero-order chi connectivity index (χ0) is 58.0. The van der Waals surface area contributed by atoms with Gasteiger partial charge in [-0.2, -0.15) is 0 Å². The zero-order valence-electron chi connectivity index (χ0n) is 49.5. The lowest BCUT2D eigenvalue weighted by molar-refractivity contribution is -0.169. The predicted molar refractivity (Wildman–Crippen MR) is 304 cm³/mol. The van der Waals surface area contributed by atoms with Gasteiger partial charge in [0.25, 0.3) is 0 Å². The van der Waals surface area contributed by atoms with Crippen molar-refractivity contribution < 1.29 is 58.2 Å². The summed E-state index contributed by atoms with van der Waals surface area (Å²) in [6, 6.07) is 15.4. The number of esters is 4. The predicted octanol–water partition coefficient (Wildman–Crippen LogP) is 13.2. The van der Waals surface area contributed by atoms with Crippen molar-refractivity contribution in [2.75, 3.05) is 26.4 Å². The minimum absolute atomic E-state index is 0.00741. The fraction of sp³-hybridized carbons (Fsp3) is 0.538. The zero-order valence-corrected chi connectivity index (χ0v) is 49.5. The lowest BCUT2D eigenvalue weighted by Gasteiger charge is -2.33. The van der Waals surface area contributed by atoms with Gasteiger partial charge >= 0.3 is 23.9 Å². The number of hydrogen-bond acceptors (Lipinski definition) is 12. The van der Waals surface area contributed by atoms with Crippen molar-refractivity contribution in [3.63, 3.8) is 0 Å². The highest BCUT2D eigenvalue weighted by Crippen LogP contribution is 2.39. The average molecular weight is 1060 g/mol. The van der Waals surface area contributed by atoms with Gasteiger partial charge in [-0.1, -0.05) is 138 Å². The van der Waals surface area contributed by atoms with E-state index in [9.17, 15) is 34.5 Å². The number of ether oxygens (including phenoxy) is 5. The van der Waals surface area contributed by atoms with Crippen LogP contribution in [0.4, 0.5) is 0 Å². The van der Waals surface area contributed by atoms with E-state index < -0.39 is 34.7 Å². The van der Waals surface area contributed by atoms with Crippen LogP contribution < -0.4 is 4.74 Å². The molecule has 0 aliphatic carbocycles. The first-order valence-electron chi connectivity index (χ1n) is 27.1. The van der Waals surface area contributed by atoms with Gasteiger partial charge in [-0.3, -0.25) is 14.4 Å². The van der Waals surface area contributed by atoms with Gasteiger partial charge in [0.15, 0.2) is 0 Å². The van der Waals surface area contributed by atoms with E-state index in [0.29, 0.717) is 49.0 Å². The highest BCUT2D eigenvalue weighted by atomic mass is 16.6. The maximum absolute atomic E-state index is 13.9. The van der Waals surface area contributed by atoms with Crippen molar-refractivity contribution in [3.8, 4) is 23.0 Å². The number of phenolic OH excluding ortho intramolecular Hbond substituents is 3. The highest BCUT2D eigenvalue weighted by molar-refractivity contribution is 5.84. The first-order chi connectivity index (χ1) is 35.5. The third kappa shape index (κ3) is 18.5. The van der Waals surface area contributed by atoms with Crippen molar-refractivity contribution >= 4 is 23.9 Å². The molecule has 4 aromatic rings. The Hall–Kier alpha value is -6.14. The Kier molecular flexibility index (Phi) is 21.4. The molecule has 1 unspecified atom stereocenters. The smallest absolute Gasteiger partial charge is 0.335 e. The Morgan fingerprint density at radius 3 is 1.12 bits per heavy atom. The van der Waals surface area contributed by atoms with Crippen LogP contribution >= 0.6 is 0 Å². The second-order valence-corrected chi connectivity index (χ2v) is 25.5. The SMILES string of the molecule is C=CC(=O)Oc1c(C)cc(CCC(=O)OCC(COC(=O)CCc2cc(C)c(O)c(C(C)(C)C)c2)(COC(=O)CCc2cc(C)c(O)c(C(C)(C)C)c2)COC(C)CCc2cc(C)c(O)c(C(C)(C)C)c2)cc1C(C)(C)C. The molecule has 0 heterocycles. The molecular weight excluding hydrogens is 973 g/mol. The normalized spacial score (nSPS) is 12.7. The molecule has 0 aliphatic heterocycles. The first kappa shape index (κ1) is 63.4. The molecule has 0 spiro atoms. The third-order valence-electron chi connectivity index (χ3n) is 14.0. The Bertz CT molecular complexity index is 2660. The van der Waals surface area contributed by atoms with E-state index in [-0.39, 0.29) is 85.3 Å². The molecule has 0 fully saturated rings. The molecule has 4 aromatic carbocycles. The van der Waals surface area contributed by atoms with Crippen molar-refractivity contribution in [3.05, 3.63) is 128 Å². The summed E-state index contributed by atoms with van der Waals surface area (Å²) in [5.41, 5.74) is 7.01. The fourth-order valence-electron chi connectivity index (χ4n) is 9.22. The minimum atomic E-state index is -1.35. The van der Waals surface area contributed by atoms with Gasteiger partial charge in [0, 0.05) is 30.9 Å². The summed E-state index contributed by atoms with van der Waals surface area (Å²) in [7, 11) is 0. The summed E-state index contributed by atoms with van der Waals surface area (Å²) >= 11 is 0. The first-order valence-corrected chi connectivity index (χ1v) is 27.1. The van der Waals surface area contributed by atoms with Crippen LogP contribution in [0.15, 0.2) is 61.2 Å². The molecule has 77 heavy (non-hydrogen) atoms. The molecule has 0 saturated carbocycles. The Balaban J connectivity index is 1.66. The summed E-state index contributed by atoms with van der Waals surface area (Å²) in [5.74, 6) is -0.975. The summed E-state index contributed by atoms with van der Waals surface area (Å²) in [6.07, 6.45) is 2.94. The fourth-order valence-corrected chi connectivity index (χ4v) is 9.22. The lowest BCUT2D eigenvalue weighted by atomic mass is 9.83. The molecule has 0 aliphatic rings. The number of hydrogen-bond donors (Lipinski definition) is 3. The van der Waals surface area contributed by atoms with Crippen LogP contribution in [0.3, 0.4) is 0 Å². The molecular formula is C65H90O12. The van der Waals surface area contributed by atoms with Gasteiger partial charge in [-0.05, 0) is 150 Å². The van der Waals surface area contributed by atoms with Crippen molar-refractivity contribution in [1.82, 2.24) is 0 Å². The molecule has 3 N–H and O–H groups in total. The van der Waals surface area contributed by atoms with Gasteiger partial charge in [0.05, 0.1) is 18.1 Å². The number of rotatable bonds is 23. The summed E-state index contributed by atoms with van der Waals surface area (Å²) in [5, 5.41) is 32.6. The Labute approximate surface area is 459 Å². The molecule has 0 amide bonds. The van der Waals surface area contributed by atoms with E-state index in [1.165, 1.54) is 0 Å². The van der Waals surface area contributed by atoms with Gasteiger partial charge < -0.3 is 39.0 Å². The van der Waals surface area contributed by atoms with E-state index in [2.05, 4.69) is 27.4 Å². The Morgan fingerprint density at radius 1 is 0.481 bits per heavy atom. The number of aryl methyl sites for hydroxylation is 8. The summed E-state index contributed by atoms with van der Waals surface area (Å²) in [4.78, 5) is 53.8. The molecule has 0 radical (unpaired) electrons. The molecule has 12 nitrogen and oxygen atoms in total. The number of aromatic hydroxyl groups is 3. The van der Waals surface area contributed by atoms with Crippen LogP contribution in [0.1, 0.15) is 182 Å². The highest BCUT2D eigenvalue weighted by Gasteiger charge is 2.38. The molecule has 12 heteroatoms. The largest absolute Gasteiger partial charge is 0.507 e. The van der Waals surface area contributed by atoms with Crippen LogP contribution in [0.2, 0.25) is 0 Å². The van der Waals surface area contributed by atoms with Crippen molar-refractivity contribution in [2.24, 2.45) is 5.41 Å². The van der Waals surface area contributed by atoms with E-state index >= 15 is 0 Å². The molecule has 0 saturated heterocycles. The van der Waals surface area contributed by atoms with E-state index in [4.69, 9.17) is 23.7 Å². The standard InChI is InChI=1S/C65H90O12/c1-19-53(66)77-60-43(5)31-48(35-52(60)64(16,17)18)24-27-56(69)76-39-65(36-73-44(6)20-21-45-28-40(2)57(70)49(32-45)61(7,8)9,37-74-54(67)25-22-46-29-41(3)58(71)50(33-46)62(10,11)12)38-75-55(68)26-23-47-30-42(4)59(72)51(34-47)63(13,14)15/h19,28-35,44,70-72H,1,20-27,36-39H2,2-18H3. The van der Waals surface area contributed by atoms with Gasteiger partial charge in [0.1, 0.15) is 42.8 Å². The number of carbonyl (C=O) groups is 4. The summed E-state index contributed by atoms with van der Waals surface area (Å²) in [6.45, 7) is 36.1. The van der Waals surface area contributed by atoms with Gasteiger partial charge in [-0.25, -0.2) is 4.79 Å². The monoisotopic (exact) mass is 1060 g/mol. The Morgan fingerprint density at radius 2 is 0.792 bits per heavy atom. The van der Waals surface area contributed by atoms with E-state index in [0.717, 1.165) is 61.7 Å². The quantitative estimate of drug-likeness (QED) is 0.0278. The average Bonchev–Trinajstić information content (AvgIpc) is 3.32. The van der Waals surface area contributed by atoms with Crippen LogP contribution in [0, 0.1) is 33.1 Å². The van der Waals surface area contributed by atoms with Crippen molar-refractivity contribution in [2.45, 2.75) is 197 Å². The minimum Gasteiger partial charge on any atom is -0.507 e. The molecule has 4 rings (SSSR count). The van der Waals surface area contributed by atoms with E-state index in [1.807, 2.05) is 145 Å². The summed E-state index contributed by atoms with van der Waals surface area (Å²) < 4.78 is 30.5.